The molecular weight excluding hydrogens is 774 g/mol. The molecule has 4 N–H and O–H groups in total. The van der Waals surface area contributed by atoms with Gasteiger partial charge in [-0.25, -0.2) is 0 Å². The molecule has 0 spiro atoms. The largest absolute Gasteiger partial charge is 1.00 e. The number of fused-ring (bicyclic) bond motifs is 2. The summed E-state index contributed by atoms with van der Waals surface area (Å²) >= 11 is 5.46. The minimum absolute atomic E-state index is 0. The van der Waals surface area contributed by atoms with Crippen LogP contribution in [-0.2, 0) is 35.5 Å². The van der Waals surface area contributed by atoms with Crippen molar-refractivity contribution in [2.75, 3.05) is 19.5 Å². The molecular formula is C39H41ClIKN4O3. The van der Waals surface area contributed by atoms with Gasteiger partial charge in [0, 0.05) is 68.6 Å². The molecule has 0 amide bonds. The fourth-order valence-electron chi connectivity index (χ4n) is 4.61. The number of hydrogen-bond donors (Lipinski definition) is 3. The second-order valence-corrected chi connectivity index (χ2v) is 10.7. The number of nitrogens with two attached hydrogens (primary N) is 1. The number of benzene rings is 4. The molecule has 2 heterocycles. The molecule has 6 rings (SSSR count). The number of aliphatic hydroxyl groups excluding tert-OH is 1. The van der Waals surface area contributed by atoms with Gasteiger partial charge in [0.1, 0.15) is 0 Å². The van der Waals surface area contributed by atoms with Crippen molar-refractivity contribution in [3.05, 3.63) is 156 Å². The van der Waals surface area contributed by atoms with E-state index in [-0.39, 0.29) is 92.8 Å². The molecule has 7 nitrogen and oxygen atoms in total. The molecule has 0 saturated carbocycles. The summed E-state index contributed by atoms with van der Waals surface area (Å²) in [5.41, 5.74) is 9.77. The normalized spacial score (nSPS) is 9.63. The summed E-state index contributed by atoms with van der Waals surface area (Å²) in [6, 6.07) is 36.0. The van der Waals surface area contributed by atoms with Crippen LogP contribution in [-0.4, -0.2) is 46.2 Å². The Morgan fingerprint density at radius 3 is 1.57 bits per heavy atom. The van der Waals surface area contributed by atoms with Crippen LogP contribution >= 0.6 is 11.6 Å². The van der Waals surface area contributed by atoms with Gasteiger partial charge in [-0.3, -0.25) is 19.6 Å². The summed E-state index contributed by atoms with van der Waals surface area (Å²) in [5.74, 6) is 0.323. The van der Waals surface area contributed by atoms with Gasteiger partial charge in [-0.05, 0) is 45.2 Å². The van der Waals surface area contributed by atoms with Gasteiger partial charge < -0.3 is 40.1 Å². The maximum Gasteiger partial charge on any atom is 1.00 e. The number of ketones is 2. The number of alkyl halides is 1. The van der Waals surface area contributed by atoms with Crippen molar-refractivity contribution in [3.8, 4) is 0 Å². The molecule has 10 heteroatoms. The molecule has 250 valence electrons. The molecule has 49 heavy (non-hydrogen) atoms. The average Bonchev–Trinajstić information content (AvgIpc) is 3.13. The van der Waals surface area contributed by atoms with Crippen LogP contribution in [0.1, 0.15) is 22.3 Å². The van der Waals surface area contributed by atoms with Crippen molar-refractivity contribution in [1.82, 2.24) is 15.3 Å². The first-order valence-electron chi connectivity index (χ1n) is 15.2. The van der Waals surface area contributed by atoms with Gasteiger partial charge in [-0.15, -0.1) is 11.6 Å². The molecule has 0 aliphatic rings. The maximum absolute atomic E-state index is 12.1. The molecule has 0 fully saturated rings. The Kier molecular flexibility index (Phi) is 24.0. The molecule has 0 bridgehead atoms. The third-order valence-corrected chi connectivity index (χ3v) is 7.23. The summed E-state index contributed by atoms with van der Waals surface area (Å²) in [6.07, 6.45) is 8.03. The predicted octanol–water partition coefficient (Wildman–Crippen LogP) is 0.483. The molecule has 0 aliphatic carbocycles. The van der Waals surface area contributed by atoms with E-state index < -0.39 is 0 Å². The Labute approximate surface area is 353 Å². The van der Waals surface area contributed by atoms with Crippen LogP contribution in [0.5, 0.6) is 0 Å². The van der Waals surface area contributed by atoms with Gasteiger partial charge in [0.2, 0.25) is 0 Å². The van der Waals surface area contributed by atoms with E-state index in [2.05, 4.69) is 33.5 Å². The fourth-order valence-corrected chi connectivity index (χ4v) is 4.70. The number of carbonyl (C=O) groups is 2. The number of aliphatic hydroxyl groups is 1. The van der Waals surface area contributed by atoms with E-state index in [1.165, 1.54) is 11.1 Å². The molecule has 0 radical (unpaired) electrons. The first kappa shape index (κ1) is 44.6. The van der Waals surface area contributed by atoms with Crippen molar-refractivity contribution in [3.63, 3.8) is 0 Å². The topological polar surface area (TPSA) is 118 Å². The first-order valence-corrected chi connectivity index (χ1v) is 15.8. The number of rotatable bonds is 10. The molecule has 2 aromatic heterocycles. The van der Waals surface area contributed by atoms with Crippen molar-refractivity contribution in [2.45, 2.75) is 25.9 Å². The van der Waals surface area contributed by atoms with Crippen LogP contribution < -0.4 is 86.4 Å². The molecule has 0 unspecified atom stereocenters. The zero-order valence-electron chi connectivity index (χ0n) is 27.9. The van der Waals surface area contributed by atoms with Gasteiger partial charge in [0.05, 0.1) is 12.4 Å². The number of carbonyl (C=O) groups excluding carboxylic acids is 2. The van der Waals surface area contributed by atoms with Crippen LogP contribution in [0.25, 0.3) is 21.5 Å². The van der Waals surface area contributed by atoms with Crippen molar-refractivity contribution in [1.29, 1.82) is 0 Å². The van der Waals surface area contributed by atoms with Crippen LogP contribution in [0.3, 0.4) is 0 Å². The van der Waals surface area contributed by atoms with Gasteiger partial charge in [0.25, 0.3) is 0 Å². The van der Waals surface area contributed by atoms with E-state index in [1.54, 1.807) is 12.4 Å². The number of nitrogens with one attached hydrogen (secondary N) is 1. The van der Waals surface area contributed by atoms with E-state index >= 15 is 0 Å². The summed E-state index contributed by atoms with van der Waals surface area (Å²) < 4.78 is 0. The van der Waals surface area contributed by atoms with Gasteiger partial charge in [-0.1, -0.05) is 97.1 Å². The van der Waals surface area contributed by atoms with E-state index in [1.807, 2.05) is 103 Å². The number of hydrogen-bond acceptors (Lipinski definition) is 7. The van der Waals surface area contributed by atoms with E-state index in [9.17, 15) is 9.59 Å². The standard InChI is InChI=1S/C19H18N2O.C12H10ClNO.C7H9N.CH4O.HI.K/c22-19(14-21-12-15-4-2-1-3-5-15)11-16-6-7-18-13-20-9-8-17(18)10-16;13-7-12(15)6-9-1-2-11-8-14-4-3-10(11)5-9;8-6-7-4-2-1-3-5-7;1-2;;/h1-10,13,21H,11-12,14H2;1-5,8H,6-7H2;1-5H,6,8H2;2H,1H3;1H;/q;;;;;+1/p-1. The van der Waals surface area contributed by atoms with Crippen molar-refractivity contribution in [2.24, 2.45) is 5.73 Å². The van der Waals surface area contributed by atoms with Gasteiger partial charge in [-0.2, -0.15) is 0 Å². The van der Waals surface area contributed by atoms with Crippen LogP contribution in [0.4, 0.5) is 0 Å². The minimum atomic E-state index is 0. The minimum Gasteiger partial charge on any atom is -1.00 e. The van der Waals surface area contributed by atoms with E-state index in [4.69, 9.17) is 22.4 Å². The van der Waals surface area contributed by atoms with Crippen LogP contribution in [0.15, 0.2) is 134 Å². The molecule has 0 aliphatic heterocycles. The smallest absolute Gasteiger partial charge is 1.00 e. The maximum atomic E-state index is 12.1. The molecule has 0 saturated heterocycles. The van der Waals surface area contributed by atoms with E-state index in [0.29, 0.717) is 25.9 Å². The van der Waals surface area contributed by atoms with Crippen LogP contribution in [0, 0.1) is 0 Å². The Hall–Kier alpha value is -2.42. The van der Waals surface area contributed by atoms with Crippen molar-refractivity contribution >= 4 is 44.7 Å². The summed E-state index contributed by atoms with van der Waals surface area (Å²) in [5, 5.41) is 14.6. The van der Waals surface area contributed by atoms with Gasteiger partial charge in [0.15, 0.2) is 11.6 Å². The molecule has 0 atom stereocenters. The summed E-state index contributed by atoms with van der Waals surface area (Å²) in [4.78, 5) is 31.4. The first-order chi connectivity index (χ1) is 23.0. The summed E-state index contributed by atoms with van der Waals surface area (Å²) in [6.45, 7) is 1.75. The number of Topliss-reactive ketones (excluding diaryl/α,β-unsaturated/α-hetero) is 2. The molecule has 6 aromatic rings. The number of halogens is 2. The van der Waals surface area contributed by atoms with E-state index in [0.717, 1.165) is 46.3 Å². The molecule has 4 aromatic carbocycles. The monoisotopic (exact) mass is 814 g/mol. The number of aromatic nitrogens is 2. The van der Waals surface area contributed by atoms with Crippen molar-refractivity contribution < 1.29 is 90.1 Å². The fraction of sp³-hybridized carbons (Fsp3) is 0.179. The quantitative estimate of drug-likeness (QED) is 0.105. The SMILES string of the molecule is CO.NCc1ccccc1.O=C(CCl)Cc1ccc2cnccc2c1.O=C(CNCc1ccccc1)Cc1ccc2cnccc2c1.[I-].[K+]. The van der Waals surface area contributed by atoms with Gasteiger partial charge >= 0.3 is 51.4 Å². The predicted molar refractivity (Wildman–Crippen MR) is 192 cm³/mol. The Balaban J connectivity index is 0.000000386. The Morgan fingerprint density at radius 2 is 1.12 bits per heavy atom. The second-order valence-electron chi connectivity index (χ2n) is 10.5. The second kappa shape index (κ2) is 26.4. The number of pyridine rings is 2. The Bertz CT molecular complexity index is 1810. The third kappa shape index (κ3) is 16.9. The summed E-state index contributed by atoms with van der Waals surface area (Å²) in [7, 11) is 1.00. The zero-order chi connectivity index (χ0) is 33.7. The average molecular weight is 815 g/mol. The van der Waals surface area contributed by atoms with Crippen LogP contribution in [0.2, 0.25) is 0 Å². The zero-order valence-corrected chi connectivity index (χ0v) is 34.0. The third-order valence-electron chi connectivity index (χ3n) is 6.93. The Morgan fingerprint density at radius 1 is 0.653 bits per heavy atom. The number of nitrogens with zero attached hydrogens (tertiary/aromatic N) is 2.